The van der Waals surface area contributed by atoms with Crippen molar-refractivity contribution in [3.8, 4) is 5.75 Å². The van der Waals surface area contributed by atoms with Crippen LogP contribution >= 0.6 is 0 Å². The van der Waals surface area contributed by atoms with E-state index in [2.05, 4.69) is 17.4 Å². The Labute approximate surface area is 116 Å². The van der Waals surface area contributed by atoms with Crippen molar-refractivity contribution in [1.82, 2.24) is 5.32 Å². The van der Waals surface area contributed by atoms with Gasteiger partial charge < -0.3 is 19.5 Å². The molecule has 0 bridgehead atoms. The molecule has 0 aromatic heterocycles. The van der Waals surface area contributed by atoms with Crippen molar-refractivity contribution < 1.29 is 14.2 Å². The lowest BCUT2D eigenvalue weighted by Gasteiger charge is -2.17. The SMILES string of the molecule is CCOc1ccc(C(COCCCOC)NC)cc1. The van der Waals surface area contributed by atoms with Gasteiger partial charge in [-0.3, -0.25) is 0 Å². The van der Waals surface area contributed by atoms with Crippen molar-refractivity contribution in [1.29, 1.82) is 0 Å². The largest absolute Gasteiger partial charge is 0.494 e. The fourth-order valence-corrected chi connectivity index (χ4v) is 1.82. The number of likely N-dealkylation sites (N-methyl/N-ethyl adjacent to an activating group) is 1. The second-order valence-electron chi connectivity index (χ2n) is 4.26. The van der Waals surface area contributed by atoms with Crippen molar-refractivity contribution in [3.63, 3.8) is 0 Å². The Hall–Kier alpha value is -1.10. The van der Waals surface area contributed by atoms with Gasteiger partial charge in [0.1, 0.15) is 5.75 Å². The average Bonchev–Trinajstić information content (AvgIpc) is 2.44. The molecule has 0 aliphatic carbocycles. The van der Waals surface area contributed by atoms with Crippen LogP contribution in [0.4, 0.5) is 0 Å². The maximum atomic E-state index is 5.65. The number of rotatable bonds is 10. The summed E-state index contributed by atoms with van der Waals surface area (Å²) in [5.74, 6) is 0.905. The first kappa shape index (κ1) is 16.0. The second-order valence-corrected chi connectivity index (χ2v) is 4.26. The maximum absolute atomic E-state index is 5.65. The average molecular weight is 267 g/mol. The topological polar surface area (TPSA) is 39.7 Å². The molecule has 4 heteroatoms. The number of methoxy groups -OCH3 is 1. The van der Waals surface area contributed by atoms with E-state index in [0.29, 0.717) is 13.2 Å². The molecule has 0 aliphatic heterocycles. The standard InChI is InChI=1S/C15H25NO3/c1-4-19-14-8-6-13(7-9-14)15(16-2)12-18-11-5-10-17-3/h6-9,15-16H,4-5,10-12H2,1-3H3. The van der Waals surface area contributed by atoms with Gasteiger partial charge in [0.15, 0.2) is 0 Å². The van der Waals surface area contributed by atoms with Crippen molar-refractivity contribution in [2.24, 2.45) is 0 Å². The van der Waals surface area contributed by atoms with Crippen LogP contribution in [0.15, 0.2) is 24.3 Å². The molecule has 1 unspecified atom stereocenters. The highest BCUT2D eigenvalue weighted by molar-refractivity contribution is 5.29. The van der Waals surface area contributed by atoms with Gasteiger partial charge in [-0.1, -0.05) is 12.1 Å². The molecule has 0 aliphatic rings. The van der Waals surface area contributed by atoms with Gasteiger partial charge in [0.2, 0.25) is 0 Å². The van der Waals surface area contributed by atoms with E-state index >= 15 is 0 Å². The number of benzene rings is 1. The van der Waals surface area contributed by atoms with Gasteiger partial charge in [0.05, 0.1) is 19.3 Å². The Morgan fingerprint density at radius 3 is 2.47 bits per heavy atom. The summed E-state index contributed by atoms with van der Waals surface area (Å²) < 4.78 is 16.1. The van der Waals surface area contributed by atoms with Gasteiger partial charge in [-0.15, -0.1) is 0 Å². The van der Waals surface area contributed by atoms with Crippen molar-refractivity contribution in [3.05, 3.63) is 29.8 Å². The molecule has 19 heavy (non-hydrogen) atoms. The molecule has 1 N–H and O–H groups in total. The van der Waals surface area contributed by atoms with Gasteiger partial charge in [-0.25, -0.2) is 0 Å². The van der Waals surface area contributed by atoms with Gasteiger partial charge >= 0.3 is 0 Å². The molecule has 0 saturated carbocycles. The van der Waals surface area contributed by atoms with E-state index in [1.54, 1.807) is 7.11 Å². The third kappa shape index (κ3) is 6.05. The van der Waals surface area contributed by atoms with Crippen LogP contribution in [-0.4, -0.2) is 40.6 Å². The number of nitrogens with one attached hydrogen (secondary N) is 1. The van der Waals surface area contributed by atoms with E-state index in [-0.39, 0.29) is 6.04 Å². The first-order valence-corrected chi connectivity index (χ1v) is 6.78. The van der Waals surface area contributed by atoms with Crippen LogP contribution in [0.3, 0.4) is 0 Å². The molecule has 108 valence electrons. The predicted octanol–water partition coefficient (Wildman–Crippen LogP) is 2.40. The fourth-order valence-electron chi connectivity index (χ4n) is 1.82. The quantitative estimate of drug-likeness (QED) is 0.661. The lowest BCUT2D eigenvalue weighted by Crippen LogP contribution is -2.22. The molecule has 0 saturated heterocycles. The second kappa shape index (κ2) is 9.78. The van der Waals surface area contributed by atoms with Crippen LogP contribution in [-0.2, 0) is 9.47 Å². The van der Waals surface area contributed by atoms with Crippen LogP contribution in [0, 0.1) is 0 Å². The van der Waals surface area contributed by atoms with Gasteiger partial charge in [-0.2, -0.15) is 0 Å². The molecule has 1 rings (SSSR count). The Bertz CT molecular complexity index is 327. The molecule has 0 radical (unpaired) electrons. The minimum Gasteiger partial charge on any atom is -0.494 e. The van der Waals surface area contributed by atoms with E-state index in [1.807, 2.05) is 26.1 Å². The van der Waals surface area contributed by atoms with Crippen LogP contribution in [0.5, 0.6) is 5.75 Å². The third-order valence-electron chi connectivity index (χ3n) is 2.86. The highest BCUT2D eigenvalue weighted by Gasteiger charge is 2.09. The summed E-state index contributed by atoms with van der Waals surface area (Å²) >= 11 is 0. The summed E-state index contributed by atoms with van der Waals surface area (Å²) in [6.45, 7) is 4.81. The molecule has 1 atom stereocenters. The Morgan fingerprint density at radius 1 is 1.16 bits per heavy atom. The first-order valence-electron chi connectivity index (χ1n) is 6.78. The first-order chi connectivity index (χ1) is 9.31. The fraction of sp³-hybridized carbons (Fsp3) is 0.600. The molecule has 0 amide bonds. The monoisotopic (exact) mass is 267 g/mol. The summed E-state index contributed by atoms with van der Waals surface area (Å²) in [4.78, 5) is 0. The Balaban J connectivity index is 2.40. The van der Waals surface area contributed by atoms with Gasteiger partial charge in [-0.05, 0) is 38.1 Å². The molecular formula is C15H25NO3. The van der Waals surface area contributed by atoms with Crippen molar-refractivity contribution >= 4 is 0 Å². The molecule has 1 aromatic rings. The zero-order valence-corrected chi connectivity index (χ0v) is 12.1. The number of ether oxygens (including phenoxy) is 3. The van der Waals surface area contributed by atoms with Crippen LogP contribution in [0.1, 0.15) is 24.9 Å². The molecule has 0 fully saturated rings. The lowest BCUT2D eigenvalue weighted by molar-refractivity contribution is 0.0889. The van der Waals surface area contributed by atoms with E-state index in [9.17, 15) is 0 Å². The van der Waals surface area contributed by atoms with E-state index in [4.69, 9.17) is 14.2 Å². The zero-order chi connectivity index (χ0) is 13.9. The molecular weight excluding hydrogens is 242 g/mol. The van der Waals surface area contributed by atoms with Gasteiger partial charge in [0.25, 0.3) is 0 Å². The lowest BCUT2D eigenvalue weighted by atomic mass is 10.1. The smallest absolute Gasteiger partial charge is 0.119 e. The maximum Gasteiger partial charge on any atom is 0.119 e. The minimum atomic E-state index is 0.207. The molecule has 4 nitrogen and oxygen atoms in total. The summed E-state index contributed by atoms with van der Waals surface area (Å²) in [6, 6.07) is 8.34. The Kier molecular flexibility index (Phi) is 8.21. The molecule has 0 heterocycles. The third-order valence-corrected chi connectivity index (χ3v) is 2.86. The van der Waals surface area contributed by atoms with Crippen LogP contribution in [0.2, 0.25) is 0 Å². The zero-order valence-electron chi connectivity index (χ0n) is 12.1. The molecule has 0 spiro atoms. The van der Waals surface area contributed by atoms with E-state index in [1.165, 1.54) is 5.56 Å². The van der Waals surface area contributed by atoms with Crippen molar-refractivity contribution in [2.45, 2.75) is 19.4 Å². The normalized spacial score (nSPS) is 12.4. The van der Waals surface area contributed by atoms with Gasteiger partial charge in [0, 0.05) is 20.3 Å². The minimum absolute atomic E-state index is 0.207. The van der Waals surface area contributed by atoms with Crippen molar-refractivity contribution in [2.75, 3.05) is 40.6 Å². The van der Waals surface area contributed by atoms with E-state index in [0.717, 1.165) is 25.4 Å². The summed E-state index contributed by atoms with van der Waals surface area (Å²) in [5.41, 5.74) is 1.21. The summed E-state index contributed by atoms with van der Waals surface area (Å²) in [7, 11) is 3.65. The van der Waals surface area contributed by atoms with E-state index < -0.39 is 0 Å². The molecule has 1 aromatic carbocycles. The Morgan fingerprint density at radius 2 is 1.89 bits per heavy atom. The van der Waals surface area contributed by atoms with Crippen LogP contribution < -0.4 is 10.1 Å². The number of hydrogen-bond donors (Lipinski definition) is 1. The summed E-state index contributed by atoms with van der Waals surface area (Å²) in [5, 5.41) is 3.26. The van der Waals surface area contributed by atoms with Crippen LogP contribution in [0.25, 0.3) is 0 Å². The highest BCUT2D eigenvalue weighted by Crippen LogP contribution is 2.18. The highest BCUT2D eigenvalue weighted by atomic mass is 16.5. The summed E-state index contributed by atoms with van der Waals surface area (Å²) in [6.07, 6.45) is 0.927. The number of hydrogen-bond acceptors (Lipinski definition) is 4. The predicted molar refractivity (Wildman–Crippen MR) is 76.7 cm³/mol.